The summed E-state index contributed by atoms with van der Waals surface area (Å²) in [5, 5.41) is 6.91. The van der Waals surface area contributed by atoms with Crippen molar-refractivity contribution < 1.29 is 27.4 Å². The molecule has 0 bridgehead atoms. The maximum Gasteiger partial charge on any atom is 0.422 e. The van der Waals surface area contributed by atoms with E-state index in [-0.39, 0.29) is 11.4 Å². The van der Waals surface area contributed by atoms with Gasteiger partial charge in [-0.15, -0.1) is 0 Å². The number of alkyl halides is 3. The molecule has 1 amide bonds. The molecule has 1 atom stereocenters. The Balaban J connectivity index is 1.59. The maximum atomic E-state index is 12.3. The zero-order valence-corrected chi connectivity index (χ0v) is 13.7. The highest BCUT2D eigenvalue weighted by Gasteiger charge is 2.28. The number of aromatic nitrogens is 3. The van der Waals surface area contributed by atoms with E-state index in [4.69, 9.17) is 4.74 Å². The Bertz CT molecular complexity index is 740. The molecule has 1 saturated heterocycles. The van der Waals surface area contributed by atoms with Gasteiger partial charge in [0.1, 0.15) is 5.82 Å². The summed E-state index contributed by atoms with van der Waals surface area (Å²) in [6.07, 6.45) is -0.763. The molecule has 3 heterocycles. The summed E-state index contributed by atoms with van der Waals surface area (Å²) in [6.45, 7) is 0.583. The molecule has 7 nitrogen and oxygen atoms in total. The van der Waals surface area contributed by atoms with Crippen LogP contribution in [0.2, 0.25) is 0 Å². The normalized spacial score (nSPS) is 17.3. The van der Waals surface area contributed by atoms with Crippen LogP contribution in [0.4, 0.5) is 19.0 Å². The van der Waals surface area contributed by atoms with E-state index in [1.807, 2.05) is 0 Å². The number of carbonyl (C=O) groups excluding carboxylic acids is 1. The number of pyridine rings is 1. The van der Waals surface area contributed by atoms with Crippen LogP contribution in [-0.2, 0) is 11.3 Å². The molecule has 2 aromatic heterocycles. The zero-order chi connectivity index (χ0) is 18.6. The van der Waals surface area contributed by atoms with Crippen LogP contribution < -0.4 is 10.1 Å². The van der Waals surface area contributed by atoms with Crippen LogP contribution >= 0.6 is 0 Å². The summed E-state index contributed by atoms with van der Waals surface area (Å²) < 4.78 is 47.9. The van der Waals surface area contributed by atoms with Gasteiger partial charge in [0, 0.05) is 37.4 Å². The molecule has 1 fully saturated rings. The van der Waals surface area contributed by atoms with Gasteiger partial charge in [-0.25, -0.2) is 9.67 Å². The quantitative estimate of drug-likeness (QED) is 0.845. The minimum atomic E-state index is -4.44. The predicted molar refractivity (Wildman–Crippen MR) is 84.9 cm³/mol. The summed E-state index contributed by atoms with van der Waals surface area (Å²) in [5.41, 5.74) is 0.196. The number of nitrogens with one attached hydrogen (secondary N) is 1. The number of carbonyl (C=O) groups is 1. The third kappa shape index (κ3) is 4.94. The average molecular weight is 370 g/mol. The topological polar surface area (TPSA) is 78.3 Å². The lowest BCUT2D eigenvalue weighted by Gasteiger charge is -2.12. The van der Waals surface area contributed by atoms with Gasteiger partial charge in [-0.2, -0.15) is 18.3 Å². The van der Waals surface area contributed by atoms with Crippen molar-refractivity contribution in [1.82, 2.24) is 14.8 Å². The number of amides is 1. The summed E-state index contributed by atoms with van der Waals surface area (Å²) in [6, 6.07) is 4.23. The first kappa shape index (κ1) is 18.2. The van der Waals surface area contributed by atoms with E-state index < -0.39 is 18.7 Å². The molecular formula is C16H17F3N4O3. The monoisotopic (exact) mass is 370 g/mol. The van der Waals surface area contributed by atoms with Crippen LogP contribution in [-0.4, -0.2) is 46.7 Å². The molecule has 3 rings (SSSR count). The molecule has 0 aromatic carbocycles. The largest absolute Gasteiger partial charge is 0.468 e. The molecule has 26 heavy (non-hydrogen) atoms. The third-order valence-electron chi connectivity index (χ3n) is 3.80. The van der Waals surface area contributed by atoms with Crippen molar-refractivity contribution in [3.63, 3.8) is 0 Å². The standard InChI is InChI=1S/C16H17F3N4O3/c17-16(18,19)10-26-14-2-1-12(7-20-14)15(24)22-13-3-5-21-23(13)8-11-4-6-25-9-11/h1-3,5,7,11H,4,6,8-10H2,(H,22,24)/t11-/m1/s1. The fourth-order valence-electron chi connectivity index (χ4n) is 2.50. The van der Waals surface area contributed by atoms with Gasteiger partial charge in [-0.05, 0) is 12.5 Å². The molecule has 1 N–H and O–H groups in total. The van der Waals surface area contributed by atoms with E-state index in [0.717, 1.165) is 19.2 Å². The maximum absolute atomic E-state index is 12.3. The summed E-state index contributed by atoms with van der Waals surface area (Å²) in [5.74, 6) is 0.228. The van der Waals surface area contributed by atoms with E-state index in [2.05, 4.69) is 20.1 Å². The van der Waals surface area contributed by atoms with Crippen LogP contribution in [0, 0.1) is 5.92 Å². The zero-order valence-electron chi connectivity index (χ0n) is 13.7. The number of nitrogens with zero attached hydrogens (tertiary/aromatic N) is 3. The van der Waals surface area contributed by atoms with Gasteiger partial charge in [0.15, 0.2) is 6.61 Å². The molecular weight excluding hydrogens is 353 g/mol. The number of ether oxygens (including phenoxy) is 2. The molecule has 10 heteroatoms. The van der Waals surface area contributed by atoms with Crippen LogP contribution in [0.3, 0.4) is 0 Å². The highest BCUT2D eigenvalue weighted by Crippen LogP contribution is 2.19. The molecule has 0 spiro atoms. The number of hydrogen-bond donors (Lipinski definition) is 1. The van der Waals surface area contributed by atoms with E-state index in [9.17, 15) is 18.0 Å². The van der Waals surface area contributed by atoms with Crippen molar-refractivity contribution in [2.45, 2.75) is 19.1 Å². The molecule has 1 aliphatic heterocycles. The Hall–Kier alpha value is -2.62. The number of hydrogen-bond acceptors (Lipinski definition) is 5. The molecule has 140 valence electrons. The van der Waals surface area contributed by atoms with Crippen LogP contribution in [0.1, 0.15) is 16.8 Å². The van der Waals surface area contributed by atoms with Gasteiger partial charge in [0.2, 0.25) is 5.88 Å². The highest BCUT2D eigenvalue weighted by molar-refractivity contribution is 6.03. The van der Waals surface area contributed by atoms with Crippen molar-refractivity contribution in [2.24, 2.45) is 5.92 Å². The molecule has 0 saturated carbocycles. The fraction of sp³-hybridized carbons (Fsp3) is 0.438. The lowest BCUT2D eigenvalue weighted by Crippen LogP contribution is -2.20. The van der Waals surface area contributed by atoms with Crippen molar-refractivity contribution in [2.75, 3.05) is 25.1 Å². The number of anilines is 1. The summed E-state index contributed by atoms with van der Waals surface area (Å²) in [4.78, 5) is 16.0. The Kier molecular flexibility index (Phi) is 5.40. The number of halogens is 3. The van der Waals surface area contributed by atoms with E-state index in [0.29, 0.717) is 24.9 Å². The van der Waals surface area contributed by atoms with Crippen molar-refractivity contribution >= 4 is 11.7 Å². The minimum absolute atomic E-state index is 0.196. The third-order valence-corrected chi connectivity index (χ3v) is 3.80. The Labute approximate surface area is 147 Å². The lowest BCUT2D eigenvalue weighted by atomic mass is 10.1. The van der Waals surface area contributed by atoms with Gasteiger partial charge in [0.05, 0.1) is 18.4 Å². The lowest BCUT2D eigenvalue weighted by molar-refractivity contribution is -0.154. The van der Waals surface area contributed by atoms with E-state index in [1.165, 1.54) is 12.1 Å². The van der Waals surface area contributed by atoms with Gasteiger partial charge in [-0.3, -0.25) is 4.79 Å². The van der Waals surface area contributed by atoms with Crippen molar-refractivity contribution in [3.05, 3.63) is 36.2 Å². The van der Waals surface area contributed by atoms with Crippen LogP contribution in [0.25, 0.3) is 0 Å². The minimum Gasteiger partial charge on any atom is -0.468 e. The second-order valence-electron chi connectivity index (χ2n) is 5.87. The number of rotatable bonds is 6. The smallest absolute Gasteiger partial charge is 0.422 e. The van der Waals surface area contributed by atoms with Gasteiger partial charge < -0.3 is 14.8 Å². The van der Waals surface area contributed by atoms with E-state index in [1.54, 1.807) is 16.9 Å². The van der Waals surface area contributed by atoms with Crippen molar-refractivity contribution in [1.29, 1.82) is 0 Å². The second kappa shape index (κ2) is 7.73. The summed E-state index contributed by atoms with van der Waals surface area (Å²) in [7, 11) is 0. The molecule has 0 radical (unpaired) electrons. The molecule has 0 unspecified atom stereocenters. The summed E-state index contributed by atoms with van der Waals surface area (Å²) >= 11 is 0. The SMILES string of the molecule is O=C(Nc1ccnn1C[C@H]1CCOC1)c1ccc(OCC(F)(F)F)nc1. The highest BCUT2D eigenvalue weighted by atomic mass is 19.4. The second-order valence-corrected chi connectivity index (χ2v) is 5.87. The first-order valence-corrected chi connectivity index (χ1v) is 7.97. The average Bonchev–Trinajstić information content (AvgIpc) is 3.26. The fourth-order valence-corrected chi connectivity index (χ4v) is 2.50. The molecule has 0 aliphatic carbocycles. The van der Waals surface area contributed by atoms with Crippen LogP contribution in [0.15, 0.2) is 30.6 Å². The van der Waals surface area contributed by atoms with Crippen molar-refractivity contribution in [3.8, 4) is 5.88 Å². The first-order valence-electron chi connectivity index (χ1n) is 7.97. The van der Waals surface area contributed by atoms with Gasteiger partial charge in [0.25, 0.3) is 5.91 Å². The molecule has 2 aromatic rings. The Morgan fingerprint density at radius 2 is 2.23 bits per heavy atom. The Morgan fingerprint density at radius 1 is 1.38 bits per heavy atom. The van der Waals surface area contributed by atoms with E-state index >= 15 is 0 Å². The van der Waals surface area contributed by atoms with Crippen LogP contribution in [0.5, 0.6) is 5.88 Å². The first-order chi connectivity index (χ1) is 12.4. The Morgan fingerprint density at radius 3 is 2.88 bits per heavy atom. The predicted octanol–water partition coefficient (Wildman–Crippen LogP) is 2.51. The van der Waals surface area contributed by atoms with Gasteiger partial charge in [-0.1, -0.05) is 0 Å². The molecule has 1 aliphatic rings. The van der Waals surface area contributed by atoms with Gasteiger partial charge >= 0.3 is 6.18 Å².